The molecule has 0 aliphatic carbocycles. The summed E-state index contributed by atoms with van der Waals surface area (Å²) < 4.78 is 45.9. The normalized spacial score (nSPS) is 12.9. The molecule has 0 spiro atoms. The molecule has 0 unspecified atom stereocenters. The maximum atomic E-state index is 13.3. The molecule has 2 rings (SSSR count). The Kier molecular flexibility index (Phi) is 5.38. The number of ether oxygens (including phenoxy) is 1. The second kappa shape index (κ2) is 7.10. The molecular formula is C17H20FNO3S. The second-order valence-corrected chi connectivity index (χ2v) is 7.27. The Morgan fingerprint density at radius 2 is 1.78 bits per heavy atom. The molecule has 0 aromatic heterocycles. The van der Waals surface area contributed by atoms with Crippen LogP contribution in [-0.4, -0.2) is 21.1 Å². The summed E-state index contributed by atoms with van der Waals surface area (Å²) in [5.74, 6) is 0.249. The zero-order chi connectivity index (χ0) is 17.0. The van der Waals surface area contributed by atoms with Crippen LogP contribution in [0.5, 0.6) is 5.75 Å². The quantitative estimate of drug-likeness (QED) is 0.881. The zero-order valence-electron chi connectivity index (χ0n) is 13.3. The summed E-state index contributed by atoms with van der Waals surface area (Å²) in [7, 11) is -3.71. The molecule has 0 saturated carbocycles. The lowest BCUT2D eigenvalue weighted by Gasteiger charge is -2.15. The molecule has 0 aliphatic rings. The SMILES string of the molecule is Cc1ccc(OC[C@@H](C)NS(=O)(=O)c2ccc(F)c(C)c2)cc1. The van der Waals surface area contributed by atoms with E-state index in [0.717, 1.165) is 11.6 Å². The van der Waals surface area contributed by atoms with E-state index in [1.807, 2.05) is 31.2 Å². The van der Waals surface area contributed by atoms with Gasteiger partial charge < -0.3 is 4.74 Å². The van der Waals surface area contributed by atoms with E-state index in [4.69, 9.17) is 4.74 Å². The standard InChI is InChI=1S/C17H20FNO3S/c1-12-4-6-15(7-5-12)22-11-14(3)19-23(20,21)16-8-9-17(18)13(2)10-16/h4-10,14,19H,11H2,1-3H3/t14-/m1/s1. The highest BCUT2D eigenvalue weighted by Gasteiger charge is 2.18. The molecule has 0 amide bonds. The predicted molar refractivity (Wildman–Crippen MR) is 87.6 cm³/mol. The topological polar surface area (TPSA) is 55.4 Å². The fraction of sp³-hybridized carbons (Fsp3) is 0.294. The van der Waals surface area contributed by atoms with Crippen LogP contribution in [0.1, 0.15) is 18.1 Å². The Bertz CT molecular complexity index is 773. The van der Waals surface area contributed by atoms with Gasteiger partial charge in [0.25, 0.3) is 0 Å². The molecule has 1 N–H and O–H groups in total. The molecule has 23 heavy (non-hydrogen) atoms. The van der Waals surface area contributed by atoms with E-state index >= 15 is 0 Å². The Morgan fingerprint density at radius 1 is 1.13 bits per heavy atom. The van der Waals surface area contributed by atoms with E-state index in [1.165, 1.54) is 19.1 Å². The van der Waals surface area contributed by atoms with Gasteiger partial charge in [0.05, 0.1) is 10.9 Å². The van der Waals surface area contributed by atoms with Gasteiger partial charge in [-0.1, -0.05) is 17.7 Å². The summed E-state index contributed by atoms with van der Waals surface area (Å²) in [5.41, 5.74) is 1.41. The van der Waals surface area contributed by atoms with E-state index in [1.54, 1.807) is 6.92 Å². The first-order chi connectivity index (χ1) is 10.8. The highest BCUT2D eigenvalue weighted by molar-refractivity contribution is 7.89. The number of sulfonamides is 1. The Balaban J connectivity index is 1.99. The third-order valence-electron chi connectivity index (χ3n) is 3.32. The van der Waals surface area contributed by atoms with Gasteiger partial charge in [0, 0.05) is 0 Å². The van der Waals surface area contributed by atoms with Gasteiger partial charge in [0.2, 0.25) is 10.0 Å². The van der Waals surface area contributed by atoms with Crippen molar-refractivity contribution < 1.29 is 17.5 Å². The highest BCUT2D eigenvalue weighted by Crippen LogP contribution is 2.15. The minimum Gasteiger partial charge on any atom is -0.492 e. The number of halogens is 1. The molecule has 1 atom stereocenters. The smallest absolute Gasteiger partial charge is 0.240 e. The summed E-state index contributed by atoms with van der Waals surface area (Å²) in [4.78, 5) is 0.0404. The van der Waals surface area contributed by atoms with Crippen LogP contribution in [0.2, 0.25) is 0 Å². The molecule has 0 aliphatic heterocycles. The Hall–Kier alpha value is -1.92. The molecule has 0 heterocycles. The molecule has 6 heteroatoms. The third-order valence-corrected chi connectivity index (χ3v) is 4.90. The lowest BCUT2D eigenvalue weighted by molar-refractivity contribution is 0.287. The predicted octanol–water partition coefficient (Wildman–Crippen LogP) is 3.19. The molecule has 4 nitrogen and oxygen atoms in total. The minimum atomic E-state index is -3.71. The third kappa shape index (κ3) is 4.77. The Labute approximate surface area is 136 Å². The van der Waals surface area contributed by atoms with Gasteiger partial charge in [0.1, 0.15) is 18.2 Å². The molecule has 0 radical (unpaired) electrons. The molecule has 2 aromatic carbocycles. The summed E-state index contributed by atoms with van der Waals surface area (Å²) in [6.45, 7) is 5.41. The van der Waals surface area contributed by atoms with Gasteiger partial charge in [-0.2, -0.15) is 0 Å². The summed E-state index contributed by atoms with van der Waals surface area (Å²) in [5, 5.41) is 0. The number of benzene rings is 2. The first kappa shape index (κ1) is 17.4. The first-order valence-corrected chi connectivity index (χ1v) is 8.74. The highest BCUT2D eigenvalue weighted by atomic mass is 32.2. The maximum absolute atomic E-state index is 13.3. The molecule has 0 fully saturated rings. The van der Waals surface area contributed by atoms with E-state index in [0.29, 0.717) is 5.75 Å². The number of rotatable bonds is 6. The molecule has 124 valence electrons. The summed E-state index contributed by atoms with van der Waals surface area (Å²) in [6, 6.07) is 10.8. The number of hydrogen-bond acceptors (Lipinski definition) is 3. The summed E-state index contributed by atoms with van der Waals surface area (Å²) in [6.07, 6.45) is 0. The van der Waals surface area contributed by atoms with Crippen molar-refractivity contribution in [2.24, 2.45) is 0 Å². The van der Waals surface area contributed by atoms with E-state index in [2.05, 4.69) is 4.72 Å². The van der Waals surface area contributed by atoms with Crippen molar-refractivity contribution in [2.45, 2.75) is 31.7 Å². The summed E-state index contributed by atoms with van der Waals surface area (Å²) >= 11 is 0. The largest absolute Gasteiger partial charge is 0.492 e. The van der Waals surface area contributed by atoms with Crippen LogP contribution in [0.25, 0.3) is 0 Å². The van der Waals surface area contributed by atoms with Crippen LogP contribution in [0.15, 0.2) is 47.4 Å². The van der Waals surface area contributed by atoms with Crippen LogP contribution < -0.4 is 9.46 Å². The van der Waals surface area contributed by atoms with Gasteiger partial charge in [-0.05, 0) is 56.7 Å². The van der Waals surface area contributed by atoms with E-state index in [-0.39, 0.29) is 17.1 Å². The first-order valence-electron chi connectivity index (χ1n) is 7.26. The van der Waals surface area contributed by atoms with Gasteiger partial charge in [0.15, 0.2) is 0 Å². The van der Waals surface area contributed by atoms with Crippen molar-refractivity contribution in [3.63, 3.8) is 0 Å². The van der Waals surface area contributed by atoms with Crippen molar-refractivity contribution >= 4 is 10.0 Å². The lowest BCUT2D eigenvalue weighted by Crippen LogP contribution is -2.36. The fourth-order valence-corrected chi connectivity index (χ4v) is 3.32. The van der Waals surface area contributed by atoms with E-state index < -0.39 is 21.9 Å². The fourth-order valence-electron chi connectivity index (χ4n) is 2.01. The number of aryl methyl sites for hydroxylation is 2. The number of hydrogen-bond donors (Lipinski definition) is 1. The second-order valence-electron chi connectivity index (χ2n) is 5.56. The average Bonchev–Trinajstić information content (AvgIpc) is 2.49. The molecular weight excluding hydrogens is 317 g/mol. The van der Waals surface area contributed by atoms with Crippen molar-refractivity contribution in [3.05, 3.63) is 59.4 Å². The van der Waals surface area contributed by atoms with Crippen LogP contribution in [0, 0.1) is 19.7 Å². The van der Waals surface area contributed by atoms with Crippen LogP contribution in [0.3, 0.4) is 0 Å². The zero-order valence-corrected chi connectivity index (χ0v) is 14.2. The number of nitrogens with one attached hydrogen (secondary N) is 1. The molecule has 2 aromatic rings. The van der Waals surface area contributed by atoms with Crippen molar-refractivity contribution in [1.29, 1.82) is 0 Å². The van der Waals surface area contributed by atoms with E-state index in [9.17, 15) is 12.8 Å². The Morgan fingerprint density at radius 3 is 2.39 bits per heavy atom. The van der Waals surface area contributed by atoms with Gasteiger partial charge >= 0.3 is 0 Å². The molecule has 0 saturated heterocycles. The minimum absolute atomic E-state index is 0.0404. The van der Waals surface area contributed by atoms with Crippen molar-refractivity contribution in [3.8, 4) is 5.75 Å². The maximum Gasteiger partial charge on any atom is 0.240 e. The van der Waals surface area contributed by atoms with Crippen LogP contribution >= 0.6 is 0 Å². The van der Waals surface area contributed by atoms with Crippen molar-refractivity contribution in [1.82, 2.24) is 4.72 Å². The monoisotopic (exact) mass is 337 g/mol. The van der Waals surface area contributed by atoms with Crippen LogP contribution in [-0.2, 0) is 10.0 Å². The van der Waals surface area contributed by atoms with Crippen molar-refractivity contribution in [2.75, 3.05) is 6.61 Å². The van der Waals surface area contributed by atoms with Crippen LogP contribution in [0.4, 0.5) is 4.39 Å². The van der Waals surface area contributed by atoms with Gasteiger partial charge in [-0.25, -0.2) is 17.5 Å². The van der Waals surface area contributed by atoms with Gasteiger partial charge in [-0.3, -0.25) is 0 Å². The average molecular weight is 337 g/mol. The van der Waals surface area contributed by atoms with Gasteiger partial charge in [-0.15, -0.1) is 0 Å². The lowest BCUT2D eigenvalue weighted by atomic mass is 10.2. The molecule has 0 bridgehead atoms.